The molecule has 1 aromatic heterocycles. The molecule has 0 aromatic carbocycles. The number of nitrogens with zero attached hydrogens (tertiary/aromatic N) is 3. The second kappa shape index (κ2) is 4.94. The highest BCUT2D eigenvalue weighted by Gasteiger charge is 2.44. The molecule has 102 valence electrons. The normalized spacial score (nSPS) is 26.2. The maximum atomic E-state index is 5.40. The molecule has 3 heterocycles. The van der Waals surface area contributed by atoms with Crippen molar-refractivity contribution in [3.63, 3.8) is 0 Å². The molecule has 3 N–H and O–H groups in total. The predicted molar refractivity (Wildman–Crippen MR) is 79.6 cm³/mol. The number of nitrogens with two attached hydrogens (primary N) is 1. The van der Waals surface area contributed by atoms with Crippen LogP contribution in [-0.4, -0.2) is 41.2 Å². The van der Waals surface area contributed by atoms with Gasteiger partial charge in [-0.15, -0.1) is 0 Å². The Morgan fingerprint density at radius 1 is 1.32 bits per heavy atom. The van der Waals surface area contributed by atoms with Crippen LogP contribution in [0.25, 0.3) is 0 Å². The third kappa shape index (κ3) is 2.37. The zero-order valence-electron chi connectivity index (χ0n) is 10.9. The molecule has 2 aliphatic rings. The van der Waals surface area contributed by atoms with E-state index in [2.05, 4.69) is 26.3 Å². The molecule has 19 heavy (non-hydrogen) atoms. The number of rotatable bonds is 1. The minimum Gasteiger partial charge on any atom is -0.356 e. The van der Waals surface area contributed by atoms with Crippen LogP contribution in [0.2, 0.25) is 0 Å². The van der Waals surface area contributed by atoms with Crippen LogP contribution in [0.4, 0.5) is 5.82 Å². The summed E-state index contributed by atoms with van der Waals surface area (Å²) in [6, 6.07) is 6.08. The van der Waals surface area contributed by atoms with Crippen molar-refractivity contribution in [2.45, 2.75) is 12.8 Å². The highest BCUT2D eigenvalue weighted by Crippen LogP contribution is 2.40. The predicted octanol–water partition coefficient (Wildman–Crippen LogP) is 0.732. The van der Waals surface area contributed by atoms with Gasteiger partial charge in [0.15, 0.2) is 5.11 Å². The molecule has 5 nitrogen and oxygen atoms in total. The molecule has 2 fully saturated rings. The van der Waals surface area contributed by atoms with E-state index in [4.69, 9.17) is 18.1 Å². The van der Waals surface area contributed by atoms with E-state index in [9.17, 15) is 0 Å². The number of aromatic nitrogens is 1. The Labute approximate surface area is 118 Å². The summed E-state index contributed by atoms with van der Waals surface area (Å²) in [4.78, 5) is 9.00. The summed E-state index contributed by atoms with van der Waals surface area (Å²) in [5, 5.41) is 0.660. The maximum absolute atomic E-state index is 5.40. The molecule has 2 aliphatic heterocycles. The fraction of sp³-hybridized carbons (Fsp3) is 0.538. The van der Waals surface area contributed by atoms with E-state index in [0.29, 0.717) is 10.5 Å². The largest absolute Gasteiger partial charge is 0.356 e. The summed E-state index contributed by atoms with van der Waals surface area (Å²) in [5.41, 5.74) is 2.93. The molecular formula is C13H19N5S. The topological polar surface area (TPSA) is 57.4 Å². The van der Waals surface area contributed by atoms with Crippen molar-refractivity contribution in [2.24, 2.45) is 11.3 Å². The molecule has 0 radical (unpaired) electrons. The number of anilines is 1. The Morgan fingerprint density at radius 3 is 2.89 bits per heavy atom. The Bertz CT molecular complexity index is 465. The van der Waals surface area contributed by atoms with Gasteiger partial charge >= 0.3 is 0 Å². The number of pyridine rings is 1. The van der Waals surface area contributed by atoms with Crippen molar-refractivity contribution >= 4 is 23.1 Å². The van der Waals surface area contributed by atoms with Crippen LogP contribution in [0.15, 0.2) is 24.4 Å². The summed E-state index contributed by atoms with van der Waals surface area (Å²) in [5.74, 6) is 6.48. The Kier molecular flexibility index (Phi) is 3.28. The van der Waals surface area contributed by atoms with Gasteiger partial charge in [0, 0.05) is 37.8 Å². The van der Waals surface area contributed by atoms with Gasteiger partial charge < -0.3 is 15.2 Å². The lowest BCUT2D eigenvalue weighted by molar-refractivity contribution is 0.339. The zero-order valence-corrected chi connectivity index (χ0v) is 11.7. The summed E-state index contributed by atoms with van der Waals surface area (Å²) in [6.07, 6.45) is 4.24. The molecule has 1 unspecified atom stereocenters. The molecular weight excluding hydrogens is 258 g/mol. The van der Waals surface area contributed by atoms with E-state index >= 15 is 0 Å². The lowest BCUT2D eigenvalue weighted by Gasteiger charge is -2.25. The van der Waals surface area contributed by atoms with Crippen LogP contribution in [0.3, 0.4) is 0 Å². The lowest BCUT2D eigenvalue weighted by Crippen LogP contribution is -2.43. The van der Waals surface area contributed by atoms with Crippen molar-refractivity contribution in [3.8, 4) is 0 Å². The van der Waals surface area contributed by atoms with Gasteiger partial charge in [-0.1, -0.05) is 6.07 Å². The van der Waals surface area contributed by atoms with Gasteiger partial charge in [-0.05, 0) is 37.2 Å². The minimum atomic E-state index is 0.346. The zero-order chi connectivity index (χ0) is 13.3. The van der Waals surface area contributed by atoms with Crippen LogP contribution in [0.5, 0.6) is 0 Å². The van der Waals surface area contributed by atoms with Crippen molar-refractivity contribution in [1.29, 1.82) is 0 Å². The number of hydrogen-bond acceptors (Lipinski definition) is 4. The van der Waals surface area contributed by atoms with Crippen LogP contribution in [0.1, 0.15) is 12.8 Å². The first-order chi connectivity index (χ1) is 9.22. The average Bonchev–Trinajstić information content (AvgIpc) is 3.07. The average molecular weight is 277 g/mol. The SMILES string of the molecule is NNC(=S)N1CCC2(CCN(c3ccccn3)C2)C1. The molecule has 0 bridgehead atoms. The van der Waals surface area contributed by atoms with Crippen molar-refractivity contribution < 1.29 is 0 Å². The quantitative estimate of drug-likeness (QED) is 0.448. The van der Waals surface area contributed by atoms with Gasteiger partial charge in [-0.3, -0.25) is 0 Å². The first-order valence-electron chi connectivity index (χ1n) is 6.64. The standard InChI is InChI=1S/C13H19N5S/c14-16-12(19)18-8-5-13(10-18)4-7-17(9-13)11-3-1-2-6-15-11/h1-3,6H,4-5,7-10,14H2,(H,16,19). The fourth-order valence-corrected chi connectivity index (χ4v) is 3.36. The lowest BCUT2D eigenvalue weighted by atomic mass is 9.86. The van der Waals surface area contributed by atoms with Crippen LogP contribution in [-0.2, 0) is 0 Å². The third-order valence-corrected chi connectivity index (χ3v) is 4.64. The van der Waals surface area contributed by atoms with Crippen molar-refractivity contribution in [3.05, 3.63) is 24.4 Å². The summed E-state index contributed by atoms with van der Waals surface area (Å²) in [7, 11) is 0. The summed E-state index contributed by atoms with van der Waals surface area (Å²) >= 11 is 5.22. The van der Waals surface area contributed by atoms with Gasteiger partial charge in [0.1, 0.15) is 5.82 Å². The number of nitrogens with one attached hydrogen (secondary N) is 1. The Hall–Kier alpha value is -1.40. The van der Waals surface area contributed by atoms with Crippen LogP contribution in [0, 0.1) is 5.41 Å². The molecule has 0 amide bonds. The number of likely N-dealkylation sites (tertiary alicyclic amines) is 1. The molecule has 1 spiro atoms. The summed E-state index contributed by atoms with van der Waals surface area (Å²) < 4.78 is 0. The first-order valence-corrected chi connectivity index (χ1v) is 7.05. The van der Waals surface area contributed by atoms with Gasteiger partial charge in [-0.25, -0.2) is 10.8 Å². The van der Waals surface area contributed by atoms with E-state index in [1.807, 2.05) is 18.3 Å². The molecule has 3 rings (SSSR count). The second-order valence-corrected chi connectivity index (χ2v) is 5.87. The molecule has 6 heteroatoms. The molecule has 1 aromatic rings. The molecule has 0 saturated carbocycles. The smallest absolute Gasteiger partial charge is 0.183 e. The summed E-state index contributed by atoms with van der Waals surface area (Å²) in [6.45, 7) is 4.14. The van der Waals surface area contributed by atoms with Gasteiger partial charge in [0.05, 0.1) is 0 Å². The number of hydrogen-bond donors (Lipinski definition) is 2. The fourth-order valence-electron chi connectivity index (χ4n) is 3.20. The van der Waals surface area contributed by atoms with E-state index in [0.717, 1.165) is 32.0 Å². The van der Waals surface area contributed by atoms with Crippen LogP contribution < -0.4 is 16.2 Å². The van der Waals surface area contributed by atoms with E-state index in [-0.39, 0.29) is 0 Å². The molecule has 0 aliphatic carbocycles. The van der Waals surface area contributed by atoms with Crippen molar-refractivity contribution in [1.82, 2.24) is 15.3 Å². The number of thiocarbonyl (C=S) groups is 1. The van der Waals surface area contributed by atoms with Gasteiger partial charge in [-0.2, -0.15) is 0 Å². The first kappa shape index (κ1) is 12.6. The van der Waals surface area contributed by atoms with Gasteiger partial charge in [0.25, 0.3) is 0 Å². The monoisotopic (exact) mass is 277 g/mol. The van der Waals surface area contributed by atoms with Crippen LogP contribution >= 0.6 is 12.2 Å². The van der Waals surface area contributed by atoms with E-state index in [1.54, 1.807) is 0 Å². The van der Waals surface area contributed by atoms with E-state index in [1.165, 1.54) is 12.8 Å². The Balaban J connectivity index is 1.68. The van der Waals surface area contributed by atoms with E-state index < -0.39 is 0 Å². The maximum Gasteiger partial charge on any atom is 0.183 e. The number of hydrazine groups is 1. The molecule has 2 saturated heterocycles. The van der Waals surface area contributed by atoms with Crippen molar-refractivity contribution in [2.75, 3.05) is 31.1 Å². The van der Waals surface area contributed by atoms with Gasteiger partial charge in [0.2, 0.25) is 0 Å². The minimum absolute atomic E-state index is 0.346. The highest BCUT2D eigenvalue weighted by atomic mass is 32.1. The molecule has 1 atom stereocenters. The Morgan fingerprint density at radius 2 is 2.16 bits per heavy atom. The highest BCUT2D eigenvalue weighted by molar-refractivity contribution is 7.80. The second-order valence-electron chi connectivity index (χ2n) is 5.48. The third-order valence-electron chi connectivity index (χ3n) is 4.26.